The molecule has 5 aliphatic carbocycles. The molecule has 4 atom stereocenters. The average molecular weight is 288 g/mol. The first-order chi connectivity index (χ1) is 9.58. The molecule has 6 rings (SSSR count). The van der Waals surface area contributed by atoms with Crippen molar-refractivity contribution in [3.8, 4) is 0 Å². The van der Waals surface area contributed by atoms with Gasteiger partial charge in [-0.2, -0.15) is 13.5 Å². The fourth-order valence-corrected chi connectivity index (χ4v) is 5.51. The fraction of sp³-hybridized carbons (Fsp3) is 0.533. The van der Waals surface area contributed by atoms with Crippen LogP contribution >= 0.6 is 0 Å². The van der Waals surface area contributed by atoms with Gasteiger partial charge in [-0.25, -0.2) is 4.83 Å². The lowest BCUT2D eigenvalue weighted by Crippen LogP contribution is -2.36. The summed E-state index contributed by atoms with van der Waals surface area (Å²) >= 11 is 0. The van der Waals surface area contributed by atoms with Gasteiger partial charge in [0.1, 0.15) is 0 Å². The number of hydrogen-bond donors (Lipinski definition) is 1. The molecule has 104 valence electrons. The molecule has 0 aliphatic heterocycles. The smallest absolute Gasteiger partial charge is 0.200 e. The van der Waals surface area contributed by atoms with Crippen molar-refractivity contribution < 1.29 is 8.42 Å². The highest BCUT2D eigenvalue weighted by Crippen LogP contribution is 2.88. The first-order valence-corrected chi connectivity index (χ1v) is 8.71. The summed E-state index contributed by atoms with van der Waals surface area (Å²) in [4.78, 5) is 2.70. The van der Waals surface area contributed by atoms with Gasteiger partial charge in [0.05, 0.1) is 4.90 Å². The lowest BCUT2D eigenvalue weighted by Gasteiger charge is -2.31. The van der Waals surface area contributed by atoms with E-state index >= 15 is 0 Å². The largest absolute Gasteiger partial charge is 0.276 e. The van der Waals surface area contributed by atoms with E-state index in [9.17, 15) is 8.42 Å². The van der Waals surface area contributed by atoms with Gasteiger partial charge in [-0.15, -0.1) is 0 Å². The van der Waals surface area contributed by atoms with Crippen LogP contribution in [0.3, 0.4) is 0 Å². The van der Waals surface area contributed by atoms with Gasteiger partial charge in [0.15, 0.2) is 0 Å². The molecule has 4 unspecified atom stereocenters. The van der Waals surface area contributed by atoms with Gasteiger partial charge < -0.3 is 0 Å². The van der Waals surface area contributed by atoms with E-state index in [1.165, 1.54) is 0 Å². The molecule has 5 heteroatoms. The highest BCUT2D eigenvalue weighted by atomic mass is 32.2. The van der Waals surface area contributed by atoms with E-state index in [2.05, 4.69) is 9.93 Å². The third kappa shape index (κ3) is 1.27. The topological polar surface area (TPSA) is 58.5 Å². The van der Waals surface area contributed by atoms with Crippen molar-refractivity contribution in [1.29, 1.82) is 0 Å². The van der Waals surface area contributed by atoms with Crippen LogP contribution in [0.5, 0.6) is 0 Å². The van der Waals surface area contributed by atoms with Gasteiger partial charge >= 0.3 is 0 Å². The summed E-state index contributed by atoms with van der Waals surface area (Å²) in [6, 6.07) is 6.85. The van der Waals surface area contributed by atoms with Crippen molar-refractivity contribution in [3.05, 3.63) is 29.8 Å². The van der Waals surface area contributed by atoms with Gasteiger partial charge in [-0.3, -0.25) is 0 Å². The van der Waals surface area contributed by atoms with E-state index in [1.54, 1.807) is 24.3 Å². The molecule has 0 radical (unpaired) electrons. The summed E-state index contributed by atoms with van der Waals surface area (Å²) in [7, 11) is -3.51. The van der Waals surface area contributed by atoms with Gasteiger partial charge in [0.2, 0.25) is 0 Å². The zero-order valence-corrected chi connectivity index (χ0v) is 12.0. The number of aryl methyl sites for hydroxylation is 1. The number of rotatable bonds is 3. The van der Waals surface area contributed by atoms with Crippen molar-refractivity contribution in [2.75, 3.05) is 0 Å². The normalized spacial score (nSPS) is 44.5. The molecule has 20 heavy (non-hydrogen) atoms. The Labute approximate surface area is 118 Å². The number of nitrogens with zero attached hydrogens (tertiary/aromatic N) is 1. The van der Waals surface area contributed by atoms with E-state index < -0.39 is 10.0 Å². The second-order valence-electron chi connectivity index (χ2n) is 6.71. The minimum atomic E-state index is -3.51. The summed E-state index contributed by atoms with van der Waals surface area (Å²) in [5.74, 6) is 5.27. The third-order valence-electron chi connectivity index (χ3n) is 5.78. The number of hydrazone groups is 1. The van der Waals surface area contributed by atoms with Crippen LogP contribution in [0.2, 0.25) is 0 Å². The van der Waals surface area contributed by atoms with Crippen molar-refractivity contribution in [2.24, 2.45) is 40.6 Å². The van der Waals surface area contributed by atoms with Gasteiger partial charge in [0, 0.05) is 11.6 Å². The van der Waals surface area contributed by atoms with Crippen LogP contribution in [0.15, 0.2) is 34.3 Å². The van der Waals surface area contributed by atoms with Crippen LogP contribution in [-0.2, 0) is 10.0 Å². The predicted molar refractivity (Wildman–Crippen MR) is 74.5 cm³/mol. The molecular weight excluding hydrogens is 272 g/mol. The molecule has 0 spiro atoms. The summed E-state index contributed by atoms with van der Waals surface area (Å²) < 4.78 is 24.3. The zero-order chi connectivity index (χ0) is 13.6. The maximum atomic E-state index is 12.2. The predicted octanol–water partition coefficient (Wildman–Crippen LogP) is 1.77. The minimum absolute atomic E-state index is 0.282. The van der Waals surface area contributed by atoms with E-state index in [1.807, 2.05) is 6.92 Å². The van der Waals surface area contributed by atoms with E-state index in [0.717, 1.165) is 47.3 Å². The highest BCUT2D eigenvalue weighted by Gasteiger charge is 2.86. The summed E-state index contributed by atoms with van der Waals surface area (Å²) in [5, 5.41) is 4.21. The summed E-state index contributed by atoms with van der Waals surface area (Å²) in [6.07, 6.45) is 1.01. The van der Waals surface area contributed by atoms with E-state index in [4.69, 9.17) is 0 Å². The van der Waals surface area contributed by atoms with Crippen LogP contribution in [0.25, 0.3) is 0 Å². The first kappa shape index (κ1) is 11.3. The summed E-state index contributed by atoms with van der Waals surface area (Å²) in [6.45, 7) is 1.94. The van der Waals surface area contributed by atoms with Gasteiger partial charge in [0.25, 0.3) is 10.0 Å². The van der Waals surface area contributed by atoms with Crippen molar-refractivity contribution >= 4 is 15.7 Å². The van der Waals surface area contributed by atoms with Crippen LogP contribution in [0.4, 0.5) is 0 Å². The molecule has 0 aromatic heterocycles. The molecule has 4 nitrogen and oxygen atoms in total. The van der Waals surface area contributed by atoms with E-state index in [0.29, 0.717) is 5.92 Å². The molecule has 0 heterocycles. The van der Waals surface area contributed by atoms with Gasteiger partial charge in [-0.1, -0.05) is 17.7 Å². The van der Waals surface area contributed by atoms with Crippen LogP contribution < -0.4 is 4.83 Å². The molecule has 5 aliphatic rings. The average Bonchev–Trinajstić information content (AvgIpc) is 3.23. The van der Waals surface area contributed by atoms with Crippen molar-refractivity contribution in [2.45, 2.75) is 18.2 Å². The van der Waals surface area contributed by atoms with Crippen LogP contribution in [0, 0.1) is 42.4 Å². The maximum Gasteiger partial charge on any atom is 0.276 e. The molecule has 5 saturated carbocycles. The molecule has 0 saturated heterocycles. The Hall–Kier alpha value is -1.36. The lowest BCUT2D eigenvalue weighted by atomic mass is 9.74. The first-order valence-electron chi connectivity index (χ1n) is 7.23. The van der Waals surface area contributed by atoms with Gasteiger partial charge in [-0.05, 0) is 55.1 Å². The number of benzene rings is 1. The van der Waals surface area contributed by atoms with Crippen LogP contribution in [0.1, 0.15) is 12.0 Å². The third-order valence-corrected chi connectivity index (χ3v) is 7.01. The van der Waals surface area contributed by atoms with E-state index in [-0.39, 0.29) is 4.90 Å². The Morgan fingerprint density at radius 2 is 1.80 bits per heavy atom. The van der Waals surface area contributed by atoms with Crippen molar-refractivity contribution in [1.82, 2.24) is 4.83 Å². The Morgan fingerprint density at radius 1 is 1.10 bits per heavy atom. The molecule has 5 fully saturated rings. The molecule has 2 bridgehead atoms. The molecule has 1 aromatic carbocycles. The monoisotopic (exact) mass is 288 g/mol. The highest BCUT2D eigenvalue weighted by molar-refractivity contribution is 7.89. The molecule has 1 N–H and O–H groups in total. The summed E-state index contributed by atoms with van der Waals surface area (Å²) in [5.41, 5.74) is 2.13. The number of nitrogens with one attached hydrogen (secondary N) is 1. The van der Waals surface area contributed by atoms with Crippen LogP contribution in [-0.4, -0.2) is 14.1 Å². The zero-order valence-electron chi connectivity index (χ0n) is 11.2. The standard InChI is InChI=1S/C15H16N2O2S/c1-7-2-4-8(5-3-7)20(18,19)17-16-10-6-9-11(10)13-14-12(9)15(13)14/h2-5,9,11-15,17H,6H2,1H3/b16-10-. The fourth-order valence-electron chi connectivity index (χ4n) is 4.67. The van der Waals surface area contributed by atoms with Crippen molar-refractivity contribution in [3.63, 3.8) is 0 Å². The maximum absolute atomic E-state index is 12.2. The SMILES string of the molecule is Cc1ccc(S(=O)(=O)N/N=C2/CC3C2C2C4C3C24)cc1. The Morgan fingerprint density at radius 3 is 2.45 bits per heavy atom. The second kappa shape index (κ2) is 3.27. The molecule has 1 aromatic rings. The molecular formula is C15H16N2O2S. The quantitative estimate of drug-likeness (QED) is 0.862. The second-order valence-corrected chi connectivity index (χ2v) is 8.37. The Balaban J connectivity index is 1.35. The number of hydrogen-bond acceptors (Lipinski definition) is 3. The molecule has 0 amide bonds. The minimum Gasteiger partial charge on any atom is -0.200 e. The number of sulfonamides is 1. The lowest BCUT2D eigenvalue weighted by molar-refractivity contribution is 0.402. The Kier molecular flexibility index (Phi) is 1.85. The Bertz CT molecular complexity index is 728.